The first-order valence-electron chi connectivity index (χ1n) is 19.5. The van der Waals surface area contributed by atoms with Gasteiger partial charge in [0.2, 0.25) is 5.83 Å². The molecule has 0 fully saturated rings. The van der Waals surface area contributed by atoms with Crippen molar-refractivity contribution in [1.82, 2.24) is 0 Å². The average Bonchev–Trinajstić information content (AvgIpc) is 3.79. The lowest BCUT2D eigenvalue weighted by Gasteiger charge is -2.41. The monoisotopic (exact) mass is 998 g/mol. The van der Waals surface area contributed by atoms with E-state index in [-0.39, 0.29) is 13.2 Å². The van der Waals surface area contributed by atoms with E-state index in [1.165, 1.54) is 0 Å². The molecule has 24 heteroatoms. The number of amides is 2. The van der Waals surface area contributed by atoms with Gasteiger partial charge in [0.1, 0.15) is 19.0 Å². The maximum absolute atomic E-state index is 14.9. The Morgan fingerprint density at radius 1 is 0.449 bits per heavy atom. The van der Waals surface area contributed by atoms with Crippen LogP contribution >= 0.6 is 0 Å². The molecule has 366 valence electrons. The number of carbonyl (C=O) groups is 2. The van der Waals surface area contributed by atoms with Gasteiger partial charge in [0.15, 0.2) is 0 Å². The number of fused-ring (bicyclic) bond motifs is 6. The van der Waals surface area contributed by atoms with Crippen LogP contribution in [0.1, 0.15) is 34.1 Å². The summed E-state index contributed by atoms with van der Waals surface area (Å²) in [6.45, 7) is -0.696. The lowest BCUT2D eigenvalue weighted by atomic mass is 9.91. The van der Waals surface area contributed by atoms with E-state index in [1.807, 2.05) is 12.1 Å². The Kier molecular flexibility index (Phi) is 12.7. The maximum atomic E-state index is 14.9. The van der Waals surface area contributed by atoms with Gasteiger partial charge >= 0.3 is 59.9 Å². The third-order valence-electron chi connectivity index (χ3n) is 11.1. The Labute approximate surface area is 376 Å². The second-order valence-electron chi connectivity index (χ2n) is 15.2. The highest BCUT2D eigenvalue weighted by Gasteiger charge is 2.94. The fourth-order valence-electron chi connectivity index (χ4n) is 7.66. The molecule has 0 saturated heterocycles. The van der Waals surface area contributed by atoms with Gasteiger partial charge in [0.05, 0.1) is 11.4 Å². The number of carbonyl (C=O) groups excluding carboxylic acids is 2. The normalized spacial score (nSPS) is 14.8. The zero-order valence-corrected chi connectivity index (χ0v) is 34.0. The molecule has 0 aliphatic heterocycles. The topological polar surface area (TPSA) is 85.9 Å². The summed E-state index contributed by atoms with van der Waals surface area (Å²) in [5.74, 6) is -57.7. The summed E-state index contributed by atoms with van der Waals surface area (Å²) in [5, 5.41) is 4.27. The SMILES string of the molecule is O=C(Nc1ccc(OC(F)=C(F)C(F)(F)C(F)(F)C(F)(F)C(F)(F)C(F)(F)C(F)(F)C(F)(F)F)cc1NC(=O)OCC1c2ccccc2-c2ccccc21)OCC1c2ccccc2-c2ccccc21. The molecule has 2 aliphatic carbocycles. The van der Waals surface area contributed by atoms with Crippen molar-refractivity contribution in [3.63, 3.8) is 0 Å². The first kappa shape index (κ1) is 49.9. The van der Waals surface area contributed by atoms with Crippen LogP contribution in [0.5, 0.6) is 5.75 Å². The number of benzene rings is 5. The number of alkyl halides is 15. The molecule has 0 heterocycles. The van der Waals surface area contributed by atoms with Gasteiger partial charge in [-0.1, -0.05) is 97.1 Å². The van der Waals surface area contributed by atoms with Crippen LogP contribution in [0.4, 0.5) is 95.6 Å². The summed E-state index contributed by atoms with van der Waals surface area (Å²) >= 11 is 0. The summed E-state index contributed by atoms with van der Waals surface area (Å²) in [5.41, 5.74) is 4.95. The number of nitrogens with one attached hydrogen (secondary N) is 2. The van der Waals surface area contributed by atoms with Gasteiger partial charge in [0.25, 0.3) is 0 Å². The van der Waals surface area contributed by atoms with Gasteiger partial charge in [-0.05, 0) is 56.6 Å². The summed E-state index contributed by atoms with van der Waals surface area (Å²) < 4.78 is 250. The first-order valence-corrected chi connectivity index (χ1v) is 19.5. The molecule has 0 spiro atoms. The van der Waals surface area contributed by atoms with Gasteiger partial charge in [0, 0.05) is 17.9 Å². The fourth-order valence-corrected chi connectivity index (χ4v) is 7.66. The highest BCUT2D eigenvalue weighted by molar-refractivity contribution is 5.96. The zero-order chi connectivity index (χ0) is 50.7. The van der Waals surface area contributed by atoms with Gasteiger partial charge in [-0.25, -0.2) is 9.59 Å². The number of allylic oxidation sites excluding steroid dienone is 1. The van der Waals surface area contributed by atoms with E-state index in [1.54, 1.807) is 84.9 Å². The molecule has 0 aromatic heterocycles. The van der Waals surface area contributed by atoms with E-state index in [0.717, 1.165) is 44.5 Å². The van der Waals surface area contributed by atoms with E-state index >= 15 is 0 Å². The quantitative estimate of drug-likeness (QED) is 0.0855. The third kappa shape index (κ3) is 8.29. The number of anilines is 2. The van der Waals surface area contributed by atoms with Crippen LogP contribution in [0.2, 0.25) is 0 Å². The molecule has 5 aromatic rings. The molecular formula is C45H27F17N2O5. The van der Waals surface area contributed by atoms with E-state index in [4.69, 9.17) is 9.47 Å². The Bertz CT molecular complexity index is 2740. The van der Waals surface area contributed by atoms with Crippen molar-refractivity contribution in [1.29, 1.82) is 0 Å². The van der Waals surface area contributed by atoms with Crippen LogP contribution in [-0.2, 0) is 9.47 Å². The van der Waals surface area contributed by atoms with E-state index in [0.29, 0.717) is 18.2 Å². The van der Waals surface area contributed by atoms with Crippen molar-refractivity contribution in [2.75, 3.05) is 23.8 Å². The van der Waals surface area contributed by atoms with Crippen molar-refractivity contribution in [2.24, 2.45) is 0 Å². The van der Waals surface area contributed by atoms with Crippen LogP contribution in [0.15, 0.2) is 127 Å². The number of hydrogen-bond acceptors (Lipinski definition) is 5. The minimum absolute atomic E-state index is 0.308. The Morgan fingerprint density at radius 2 is 0.797 bits per heavy atom. The molecule has 69 heavy (non-hydrogen) atoms. The molecule has 7 rings (SSSR count). The minimum Gasteiger partial charge on any atom is -0.448 e. The zero-order valence-electron chi connectivity index (χ0n) is 34.0. The van der Waals surface area contributed by atoms with Crippen LogP contribution in [0.3, 0.4) is 0 Å². The molecule has 2 N–H and O–H groups in total. The third-order valence-corrected chi connectivity index (χ3v) is 11.1. The summed E-state index contributed by atoms with van der Waals surface area (Å²) in [4.78, 5) is 26.5. The smallest absolute Gasteiger partial charge is 0.448 e. The van der Waals surface area contributed by atoms with Crippen molar-refractivity contribution < 1.29 is 98.4 Å². The Balaban J connectivity index is 1.15. The van der Waals surface area contributed by atoms with Crippen molar-refractivity contribution >= 4 is 23.6 Å². The summed E-state index contributed by atoms with van der Waals surface area (Å²) in [7, 11) is 0. The lowest BCUT2D eigenvalue weighted by molar-refractivity contribution is -0.451. The van der Waals surface area contributed by atoms with Crippen LogP contribution in [-0.4, -0.2) is 67.1 Å². The van der Waals surface area contributed by atoms with E-state index in [2.05, 4.69) is 15.4 Å². The van der Waals surface area contributed by atoms with Gasteiger partial charge in [-0.15, -0.1) is 0 Å². The minimum atomic E-state index is -8.76. The fraction of sp³-hybridized carbons (Fsp3) is 0.244. The molecule has 0 radical (unpaired) electrons. The number of halogens is 17. The van der Waals surface area contributed by atoms with Gasteiger partial charge in [-0.3, -0.25) is 10.6 Å². The van der Waals surface area contributed by atoms with Gasteiger partial charge in [-0.2, -0.15) is 74.6 Å². The van der Waals surface area contributed by atoms with Crippen LogP contribution < -0.4 is 15.4 Å². The number of hydrogen-bond donors (Lipinski definition) is 2. The molecule has 0 saturated carbocycles. The molecule has 0 atom stereocenters. The number of rotatable bonds is 14. The second kappa shape index (κ2) is 17.5. The molecule has 0 unspecified atom stereocenters. The second-order valence-corrected chi connectivity index (χ2v) is 15.2. The van der Waals surface area contributed by atoms with Gasteiger partial charge < -0.3 is 14.2 Å². The molecule has 0 bridgehead atoms. The average molecular weight is 999 g/mol. The lowest BCUT2D eigenvalue weighted by Crippen LogP contribution is -2.72. The van der Waals surface area contributed by atoms with Crippen LogP contribution in [0.25, 0.3) is 22.3 Å². The largest absolute Gasteiger partial charge is 0.460 e. The van der Waals surface area contributed by atoms with Crippen LogP contribution in [0, 0.1) is 0 Å². The summed E-state index contributed by atoms with van der Waals surface area (Å²) in [6, 6.07) is 25.9. The summed E-state index contributed by atoms with van der Waals surface area (Å²) in [6.07, 6.45) is -10.5. The predicted molar refractivity (Wildman–Crippen MR) is 209 cm³/mol. The Hall–Kier alpha value is -7.01. The number of ether oxygens (including phenoxy) is 3. The van der Waals surface area contributed by atoms with Crippen molar-refractivity contribution in [3.8, 4) is 28.0 Å². The van der Waals surface area contributed by atoms with E-state index < -0.39 is 94.7 Å². The maximum Gasteiger partial charge on any atom is 0.460 e. The van der Waals surface area contributed by atoms with Crippen molar-refractivity contribution in [3.05, 3.63) is 149 Å². The predicted octanol–water partition coefficient (Wildman–Crippen LogP) is 14.3. The Morgan fingerprint density at radius 3 is 1.19 bits per heavy atom. The molecule has 5 aromatic carbocycles. The molecule has 2 aliphatic rings. The molecular weight excluding hydrogens is 971 g/mol. The first-order chi connectivity index (χ1) is 32.1. The highest BCUT2D eigenvalue weighted by atomic mass is 19.4. The van der Waals surface area contributed by atoms with Crippen molar-refractivity contribution in [2.45, 2.75) is 53.5 Å². The molecule has 7 nitrogen and oxygen atoms in total. The molecule has 2 amide bonds. The highest BCUT2D eigenvalue weighted by Crippen LogP contribution is 2.63. The standard InChI is InChI=1S/C45H27F17N2O5/c46-35(39(48,49)40(50,51)41(52,53)42(54,55)43(56,57)44(58,59)45(60,61)62)36(47)69-22-17-18-33(63-37(65)67-20-31-27-13-5-1-9-23(27)24-10-2-6-14-28(24)31)34(19-22)64-38(66)68-21-32-29-15-7-3-11-25(29)26-12-4-8-16-30(26)32/h1-19,31-32H,20-21H2,(H,63,65)(H,64,66). The van der Waals surface area contributed by atoms with E-state index in [9.17, 15) is 84.2 Å².